The summed E-state index contributed by atoms with van der Waals surface area (Å²) in [6.07, 6.45) is 1.39. The van der Waals surface area contributed by atoms with Gasteiger partial charge in [0, 0.05) is 30.4 Å². The highest BCUT2D eigenvalue weighted by atomic mass is 35.5. The number of benzene rings is 2. The van der Waals surface area contributed by atoms with Crippen LogP contribution >= 0.6 is 11.6 Å². The first kappa shape index (κ1) is 24.7. The molecule has 3 heterocycles. The number of nitrogens with one attached hydrogen (secondary N) is 2. The number of fused-ring (bicyclic) bond motifs is 1. The molecular weight excluding hydrogens is 482 g/mol. The molecule has 0 aliphatic carbocycles. The smallest absolute Gasteiger partial charge is 0.250 e. The van der Waals surface area contributed by atoms with Gasteiger partial charge in [0.1, 0.15) is 11.6 Å². The number of carbonyl (C=O) groups excluding carboxylic acids is 3. The quantitative estimate of drug-likeness (QED) is 0.505. The number of rotatable bonds is 8. The fraction of sp³-hybridized carbons (Fsp3) is 0.444. The molecule has 190 valence electrons. The van der Waals surface area contributed by atoms with Crippen LogP contribution in [0.3, 0.4) is 0 Å². The van der Waals surface area contributed by atoms with Crippen molar-refractivity contribution in [1.82, 2.24) is 10.2 Å². The van der Waals surface area contributed by atoms with Gasteiger partial charge in [0.25, 0.3) is 0 Å². The highest BCUT2D eigenvalue weighted by Gasteiger charge is 2.77. The van der Waals surface area contributed by atoms with Crippen LogP contribution in [0.2, 0.25) is 5.02 Å². The number of carbonyl (C=O) groups is 3. The summed E-state index contributed by atoms with van der Waals surface area (Å²) in [4.78, 5) is 42.5. The van der Waals surface area contributed by atoms with E-state index in [-0.39, 0.29) is 30.9 Å². The molecule has 9 heteroatoms. The lowest BCUT2D eigenvalue weighted by molar-refractivity contribution is -0.144. The first-order valence-electron chi connectivity index (χ1n) is 12.3. The standard InChI is InChI=1S/C27H30ClN3O5/c1-26-12-13-27(36-26)21(20(26)23(33)29-16-17-6-3-2-4-7-17)25(35)31(14-5-15-32)22(27)24(34)30-19-10-8-18(28)9-11-19/h2-4,6-11,20-22,32H,5,12-16H2,1H3,(H,29,33)(H,30,34)/t20-,21-,22?,26+,27?/m0/s1. The van der Waals surface area contributed by atoms with Crippen molar-refractivity contribution in [2.75, 3.05) is 18.5 Å². The Morgan fingerprint density at radius 3 is 2.53 bits per heavy atom. The number of aliphatic hydroxyl groups is 1. The lowest BCUT2D eigenvalue weighted by Gasteiger charge is -2.33. The summed E-state index contributed by atoms with van der Waals surface area (Å²) in [5.41, 5.74) is -0.442. The maximum absolute atomic E-state index is 13.8. The van der Waals surface area contributed by atoms with E-state index in [1.165, 1.54) is 4.90 Å². The van der Waals surface area contributed by atoms with Crippen molar-refractivity contribution in [2.24, 2.45) is 11.8 Å². The van der Waals surface area contributed by atoms with Gasteiger partial charge in [0.2, 0.25) is 17.7 Å². The fourth-order valence-electron chi connectivity index (χ4n) is 6.25. The summed E-state index contributed by atoms with van der Waals surface area (Å²) in [5.74, 6) is -2.38. The number of halogens is 1. The van der Waals surface area contributed by atoms with Gasteiger partial charge in [-0.2, -0.15) is 0 Å². The molecule has 0 radical (unpaired) electrons. The average molecular weight is 512 g/mol. The van der Waals surface area contributed by atoms with Crippen LogP contribution in [0.4, 0.5) is 5.69 Å². The van der Waals surface area contributed by atoms with Gasteiger partial charge < -0.3 is 25.4 Å². The van der Waals surface area contributed by atoms with Crippen LogP contribution in [-0.4, -0.2) is 58.1 Å². The first-order chi connectivity index (χ1) is 17.3. The van der Waals surface area contributed by atoms with Crippen LogP contribution < -0.4 is 10.6 Å². The van der Waals surface area contributed by atoms with Gasteiger partial charge in [-0.15, -0.1) is 0 Å². The summed E-state index contributed by atoms with van der Waals surface area (Å²) < 4.78 is 6.56. The molecule has 2 unspecified atom stereocenters. The minimum absolute atomic E-state index is 0.119. The molecule has 8 nitrogen and oxygen atoms in total. The summed E-state index contributed by atoms with van der Waals surface area (Å²) >= 11 is 5.98. The summed E-state index contributed by atoms with van der Waals surface area (Å²) in [6, 6.07) is 15.4. The maximum atomic E-state index is 13.8. The third kappa shape index (κ3) is 4.07. The van der Waals surface area contributed by atoms with Gasteiger partial charge in [0.05, 0.1) is 17.4 Å². The van der Waals surface area contributed by atoms with E-state index in [4.69, 9.17) is 16.3 Å². The Hall–Kier alpha value is -2.94. The Bertz CT molecular complexity index is 1160. The molecule has 3 aliphatic rings. The van der Waals surface area contributed by atoms with E-state index < -0.39 is 29.1 Å². The van der Waals surface area contributed by atoms with Gasteiger partial charge in [-0.25, -0.2) is 0 Å². The van der Waals surface area contributed by atoms with Crippen molar-refractivity contribution < 1.29 is 24.2 Å². The third-order valence-electron chi connectivity index (χ3n) is 7.79. The topological polar surface area (TPSA) is 108 Å². The van der Waals surface area contributed by atoms with Gasteiger partial charge >= 0.3 is 0 Å². The molecule has 3 aliphatic heterocycles. The van der Waals surface area contributed by atoms with Crippen LogP contribution in [0, 0.1) is 11.8 Å². The molecule has 0 aromatic heterocycles. The molecule has 5 atom stereocenters. The van der Waals surface area contributed by atoms with Gasteiger partial charge in [-0.05, 0) is 56.0 Å². The molecular formula is C27H30ClN3O5. The molecule has 3 amide bonds. The Morgan fingerprint density at radius 1 is 1.11 bits per heavy atom. The minimum atomic E-state index is -1.10. The normalized spacial score (nSPS) is 30.4. The summed E-state index contributed by atoms with van der Waals surface area (Å²) in [5, 5.41) is 15.9. The number of aliphatic hydroxyl groups excluding tert-OH is 1. The SMILES string of the molecule is C[C@]12CCC3(O1)C(C(=O)Nc1ccc(Cl)cc1)N(CCCO)C(=O)[C@@H]3[C@H]2C(=O)NCc1ccccc1. The molecule has 1 spiro atoms. The molecule has 5 rings (SSSR count). The minimum Gasteiger partial charge on any atom is -0.396 e. The fourth-order valence-corrected chi connectivity index (χ4v) is 6.37. The summed E-state index contributed by atoms with van der Waals surface area (Å²) in [7, 11) is 0. The van der Waals surface area contributed by atoms with E-state index in [1.807, 2.05) is 37.3 Å². The second-order valence-electron chi connectivity index (χ2n) is 10.0. The lowest BCUT2D eigenvalue weighted by atomic mass is 9.66. The Balaban J connectivity index is 1.44. The lowest BCUT2D eigenvalue weighted by Crippen LogP contribution is -2.53. The van der Waals surface area contributed by atoms with E-state index in [2.05, 4.69) is 10.6 Å². The Morgan fingerprint density at radius 2 is 1.83 bits per heavy atom. The number of likely N-dealkylation sites (tertiary alicyclic amines) is 1. The predicted octanol–water partition coefficient (Wildman–Crippen LogP) is 2.74. The molecule has 0 saturated carbocycles. The number of nitrogens with zero attached hydrogens (tertiary/aromatic N) is 1. The molecule has 3 fully saturated rings. The molecule has 3 N–H and O–H groups in total. The zero-order valence-corrected chi connectivity index (χ0v) is 20.8. The Kier molecular flexibility index (Phi) is 6.53. The van der Waals surface area contributed by atoms with E-state index in [0.717, 1.165) is 5.56 Å². The van der Waals surface area contributed by atoms with Crippen LogP contribution in [0.15, 0.2) is 54.6 Å². The predicted molar refractivity (Wildman–Crippen MR) is 134 cm³/mol. The third-order valence-corrected chi connectivity index (χ3v) is 8.04. The van der Waals surface area contributed by atoms with Crippen molar-refractivity contribution in [3.63, 3.8) is 0 Å². The number of anilines is 1. The molecule has 2 aromatic rings. The van der Waals surface area contributed by atoms with Crippen molar-refractivity contribution in [2.45, 2.75) is 50.0 Å². The van der Waals surface area contributed by atoms with Crippen LogP contribution in [0.1, 0.15) is 31.7 Å². The zero-order valence-electron chi connectivity index (χ0n) is 20.1. The molecule has 2 aromatic carbocycles. The van der Waals surface area contributed by atoms with E-state index in [0.29, 0.717) is 36.5 Å². The second-order valence-corrected chi connectivity index (χ2v) is 10.5. The number of hydrogen-bond acceptors (Lipinski definition) is 5. The average Bonchev–Trinajstić information content (AvgIpc) is 3.44. The molecule has 2 bridgehead atoms. The number of amides is 3. The maximum Gasteiger partial charge on any atom is 0.250 e. The van der Waals surface area contributed by atoms with Gasteiger partial charge in [-0.1, -0.05) is 41.9 Å². The molecule has 36 heavy (non-hydrogen) atoms. The largest absolute Gasteiger partial charge is 0.396 e. The summed E-state index contributed by atoms with van der Waals surface area (Å²) in [6.45, 7) is 2.29. The van der Waals surface area contributed by atoms with Gasteiger partial charge in [-0.3, -0.25) is 14.4 Å². The van der Waals surface area contributed by atoms with E-state index >= 15 is 0 Å². The molecule has 3 saturated heterocycles. The van der Waals surface area contributed by atoms with Crippen LogP contribution in [0.25, 0.3) is 0 Å². The van der Waals surface area contributed by atoms with E-state index in [9.17, 15) is 19.5 Å². The highest BCUT2D eigenvalue weighted by molar-refractivity contribution is 6.30. The Labute approximate surface area is 215 Å². The van der Waals surface area contributed by atoms with Gasteiger partial charge in [0.15, 0.2) is 0 Å². The zero-order chi connectivity index (χ0) is 25.5. The van der Waals surface area contributed by atoms with Crippen molar-refractivity contribution in [3.8, 4) is 0 Å². The van der Waals surface area contributed by atoms with Crippen molar-refractivity contribution in [3.05, 3.63) is 65.2 Å². The highest BCUT2D eigenvalue weighted by Crippen LogP contribution is 2.63. The van der Waals surface area contributed by atoms with E-state index in [1.54, 1.807) is 24.3 Å². The second kappa shape index (κ2) is 9.50. The van der Waals surface area contributed by atoms with Crippen LogP contribution in [0.5, 0.6) is 0 Å². The number of ether oxygens (including phenoxy) is 1. The monoisotopic (exact) mass is 511 g/mol. The first-order valence-corrected chi connectivity index (χ1v) is 12.7. The number of hydrogen-bond donors (Lipinski definition) is 3. The van der Waals surface area contributed by atoms with Crippen LogP contribution in [-0.2, 0) is 25.7 Å². The van der Waals surface area contributed by atoms with Crippen molar-refractivity contribution >= 4 is 35.0 Å². The van der Waals surface area contributed by atoms with Crippen molar-refractivity contribution in [1.29, 1.82) is 0 Å².